The van der Waals surface area contributed by atoms with Gasteiger partial charge in [-0.25, -0.2) is 8.42 Å². The normalized spacial score (nSPS) is 16.3. The van der Waals surface area contributed by atoms with Gasteiger partial charge in [-0.2, -0.15) is 0 Å². The number of rotatable bonds is 5. The number of sulfonamides is 1. The number of hydrogen-bond acceptors (Lipinski definition) is 5. The van der Waals surface area contributed by atoms with Crippen molar-refractivity contribution in [3.63, 3.8) is 0 Å². The predicted octanol–water partition coefficient (Wildman–Crippen LogP) is 3.45. The maximum Gasteiger partial charge on any atom is 0.271 e. The van der Waals surface area contributed by atoms with Crippen LogP contribution >= 0.6 is 27.3 Å². The Morgan fingerprint density at radius 2 is 1.83 bits per heavy atom. The van der Waals surface area contributed by atoms with Crippen LogP contribution in [-0.4, -0.2) is 46.0 Å². The zero-order chi connectivity index (χ0) is 17.2. The molecule has 1 aliphatic rings. The lowest BCUT2D eigenvalue weighted by molar-refractivity contribution is 0.271. The first-order valence-corrected chi connectivity index (χ1v) is 10.9. The molecule has 0 radical (unpaired) electrons. The van der Waals surface area contributed by atoms with Gasteiger partial charge in [-0.3, -0.25) is 4.72 Å². The monoisotopic (exact) mass is 429 g/mol. The molecule has 0 aliphatic carbocycles. The Balaban J connectivity index is 1.82. The summed E-state index contributed by atoms with van der Waals surface area (Å²) in [7, 11) is -3.57. The first-order valence-electron chi connectivity index (χ1n) is 7.84. The summed E-state index contributed by atoms with van der Waals surface area (Å²) in [6.45, 7) is 7.01. The van der Waals surface area contributed by atoms with Crippen molar-refractivity contribution < 1.29 is 8.42 Å². The fourth-order valence-electron chi connectivity index (χ4n) is 2.78. The molecule has 0 spiro atoms. The maximum atomic E-state index is 12.6. The molecule has 0 amide bonds. The van der Waals surface area contributed by atoms with E-state index in [0.29, 0.717) is 9.90 Å². The molecule has 1 aromatic carbocycles. The van der Waals surface area contributed by atoms with Crippen LogP contribution in [0.5, 0.6) is 0 Å². The lowest BCUT2D eigenvalue weighted by Crippen LogP contribution is -2.46. The molecule has 1 aliphatic heterocycles. The van der Waals surface area contributed by atoms with Gasteiger partial charge in [0.05, 0.1) is 15.2 Å². The van der Waals surface area contributed by atoms with Gasteiger partial charge in [-0.15, -0.1) is 11.3 Å². The Morgan fingerprint density at radius 3 is 2.46 bits per heavy atom. The van der Waals surface area contributed by atoms with E-state index < -0.39 is 10.0 Å². The molecule has 1 saturated heterocycles. The number of likely N-dealkylation sites (N-methyl/N-ethyl adjacent to an activating group) is 1. The van der Waals surface area contributed by atoms with E-state index in [-0.39, 0.29) is 0 Å². The van der Waals surface area contributed by atoms with Crippen molar-refractivity contribution in [1.82, 2.24) is 4.90 Å². The van der Waals surface area contributed by atoms with Crippen molar-refractivity contribution in [3.8, 4) is 0 Å². The molecule has 1 aromatic heterocycles. The van der Waals surface area contributed by atoms with E-state index in [9.17, 15) is 8.42 Å². The van der Waals surface area contributed by atoms with Crippen molar-refractivity contribution in [1.29, 1.82) is 0 Å². The number of hydrogen-bond donors (Lipinski definition) is 1. The van der Waals surface area contributed by atoms with E-state index in [1.165, 1.54) is 11.3 Å². The number of halogens is 1. The molecule has 2 heterocycles. The highest BCUT2D eigenvalue weighted by atomic mass is 79.9. The minimum Gasteiger partial charge on any atom is -0.367 e. The third kappa shape index (κ3) is 3.93. The molecule has 0 bridgehead atoms. The number of thiophene rings is 1. The fraction of sp³-hybridized carbons (Fsp3) is 0.375. The van der Waals surface area contributed by atoms with Crippen molar-refractivity contribution >= 4 is 48.7 Å². The number of para-hydroxylation sites is 2. The molecule has 130 valence electrons. The highest BCUT2D eigenvalue weighted by Gasteiger charge is 2.22. The van der Waals surface area contributed by atoms with E-state index in [4.69, 9.17) is 0 Å². The Kier molecular flexibility index (Phi) is 5.49. The highest BCUT2D eigenvalue weighted by Crippen LogP contribution is 2.31. The van der Waals surface area contributed by atoms with Crippen LogP contribution in [-0.2, 0) is 10.0 Å². The number of nitrogens with zero attached hydrogens (tertiary/aromatic N) is 2. The summed E-state index contributed by atoms with van der Waals surface area (Å²) in [4.78, 5) is 4.64. The van der Waals surface area contributed by atoms with Crippen molar-refractivity contribution in [2.24, 2.45) is 0 Å². The van der Waals surface area contributed by atoms with Gasteiger partial charge in [0.25, 0.3) is 10.0 Å². The predicted molar refractivity (Wildman–Crippen MR) is 104 cm³/mol. The minimum absolute atomic E-state index is 0.306. The molecule has 3 rings (SSSR count). The highest BCUT2D eigenvalue weighted by molar-refractivity contribution is 9.11. The molecular weight excluding hydrogens is 410 g/mol. The quantitative estimate of drug-likeness (QED) is 0.790. The molecule has 0 saturated carbocycles. The van der Waals surface area contributed by atoms with Crippen LogP contribution in [0, 0.1) is 0 Å². The smallest absolute Gasteiger partial charge is 0.271 e. The van der Waals surface area contributed by atoms with Crippen molar-refractivity contribution in [2.75, 3.05) is 42.3 Å². The molecule has 5 nitrogen and oxygen atoms in total. The average Bonchev–Trinajstić information content (AvgIpc) is 3.03. The topological polar surface area (TPSA) is 52.6 Å². The molecule has 2 aromatic rings. The van der Waals surface area contributed by atoms with Gasteiger partial charge in [0.2, 0.25) is 0 Å². The Morgan fingerprint density at radius 1 is 1.12 bits per heavy atom. The second-order valence-corrected chi connectivity index (χ2v) is 9.97. The summed E-state index contributed by atoms with van der Waals surface area (Å²) < 4.78 is 29.0. The van der Waals surface area contributed by atoms with Gasteiger partial charge in [-0.05, 0) is 46.7 Å². The molecule has 1 N–H and O–H groups in total. The average molecular weight is 430 g/mol. The van der Waals surface area contributed by atoms with Crippen LogP contribution in [0.4, 0.5) is 11.4 Å². The summed E-state index contributed by atoms with van der Waals surface area (Å²) in [6.07, 6.45) is 0. The first kappa shape index (κ1) is 17.7. The second-order valence-electron chi connectivity index (χ2n) is 5.60. The summed E-state index contributed by atoms with van der Waals surface area (Å²) >= 11 is 4.52. The van der Waals surface area contributed by atoms with Gasteiger partial charge in [0.15, 0.2) is 0 Å². The zero-order valence-electron chi connectivity index (χ0n) is 13.4. The van der Waals surface area contributed by atoms with Gasteiger partial charge in [-0.1, -0.05) is 19.1 Å². The third-order valence-corrected chi connectivity index (χ3v) is 7.60. The van der Waals surface area contributed by atoms with E-state index in [1.807, 2.05) is 24.3 Å². The van der Waals surface area contributed by atoms with Gasteiger partial charge < -0.3 is 9.80 Å². The number of piperazine rings is 1. The van der Waals surface area contributed by atoms with Crippen LogP contribution < -0.4 is 9.62 Å². The van der Waals surface area contributed by atoms with E-state index in [2.05, 4.69) is 37.4 Å². The zero-order valence-corrected chi connectivity index (χ0v) is 16.6. The van der Waals surface area contributed by atoms with Gasteiger partial charge >= 0.3 is 0 Å². The Hall–Kier alpha value is -1.09. The summed E-state index contributed by atoms with van der Waals surface area (Å²) in [5, 5.41) is 0. The van der Waals surface area contributed by atoms with Crippen LogP contribution in [0.1, 0.15) is 6.92 Å². The minimum atomic E-state index is -3.57. The Labute approximate surface area is 155 Å². The van der Waals surface area contributed by atoms with Crippen LogP contribution in [0.15, 0.2) is 44.4 Å². The molecule has 1 fully saturated rings. The van der Waals surface area contributed by atoms with E-state index in [0.717, 1.165) is 42.2 Å². The van der Waals surface area contributed by atoms with Crippen LogP contribution in [0.3, 0.4) is 0 Å². The van der Waals surface area contributed by atoms with E-state index >= 15 is 0 Å². The molecule has 24 heavy (non-hydrogen) atoms. The number of anilines is 2. The molecule has 0 atom stereocenters. The third-order valence-electron chi connectivity index (χ3n) is 4.12. The van der Waals surface area contributed by atoms with Crippen molar-refractivity contribution in [3.05, 3.63) is 40.2 Å². The first-order chi connectivity index (χ1) is 11.5. The molecular formula is C16H20BrN3O2S2. The summed E-state index contributed by atoms with van der Waals surface area (Å²) in [5.41, 5.74) is 1.57. The lowest BCUT2D eigenvalue weighted by Gasteiger charge is -2.36. The lowest BCUT2D eigenvalue weighted by atomic mass is 10.2. The number of benzene rings is 1. The second kappa shape index (κ2) is 7.43. The molecule has 8 heteroatoms. The van der Waals surface area contributed by atoms with Crippen LogP contribution in [0.25, 0.3) is 0 Å². The Bertz CT molecular complexity index is 799. The number of nitrogens with one attached hydrogen (secondary N) is 1. The van der Waals surface area contributed by atoms with Gasteiger partial charge in [0, 0.05) is 26.2 Å². The summed E-state index contributed by atoms with van der Waals surface area (Å²) in [5.74, 6) is 0. The van der Waals surface area contributed by atoms with E-state index in [1.54, 1.807) is 12.1 Å². The molecule has 0 unspecified atom stereocenters. The summed E-state index contributed by atoms with van der Waals surface area (Å²) in [6, 6.07) is 11.0. The largest absolute Gasteiger partial charge is 0.367 e. The SMILES string of the molecule is CCN1CCN(c2ccccc2NS(=O)(=O)c2ccc(Br)s2)CC1. The van der Waals surface area contributed by atoms with Gasteiger partial charge in [0.1, 0.15) is 4.21 Å². The fourth-order valence-corrected chi connectivity index (χ4v) is 5.86. The van der Waals surface area contributed by atoms with Crippen molar-refractivity contribution in [2.45, 2.75) is 11.1 Å². The van der Waals surface area contributed by atoms with Crippen LogP contribution in [0.2, 0.25) is 0 Å². The standard InChI is InChI=1S/C16H20BrN3O2S2/c1-2-19-9-11-20(12-10-19)14-6-4-3-5-13(14)18-24(21,22)16-8-7-15(17)23-16/h3-8,18H,2,9-12H2,1H3. The maximum absolute atomic E-state index is 12.6.